The lowest BCUT2D eigenvalue weighted by atomic mass is 10.1. The number of aryl methyl sites for hydroxylation is 2. The van der Waals surface area contributed by atoms with Crippen LogP contribution in [0, 0.1) is 13.8 Å². The van der Waals surface area contributed by atoms with Crippen LogP contribution < -0.4 is 14.8 Å². The standard InChI is InChI=1S/C25H25ClN2O7S/c1-5-34-21(30)13-35-23-17(26)9-16(10-18(23)33-4)11-19-24(31)28(25(32)36-19)12-20(29)27-22-14(2)7-6-8-15(22)3/h6-11H,5,12-13H2,1-4H3,(H,27,29)/b19-11-. The van der Waals surface area contributed by atoms with Crippen LogP contribution in [0.5, 0.6) is 11.5 Å². The van der Waals surface area contributed by atoms with E-state index in [4.69, 9.17) is 25.8 Å². The van der Waals surface area contributed by atoms with Gasteiger partial charge in [-0.2, -0.15) is 0 Å². The van der Waals surface area contributed by atoms with E-state index in [0.29, 0.717) is 23.0 Å². The number of anilines is 1. The van der Waals surface area contributed by atoms with Crippen LogP contribution in [-0.4, -0.2) is 54.8 Å². The molecule has 0 atom stereocenters. The van der Waals surface area contributed by atoms with E-state index in [0.717, 1.165) is 16.0 Å². The molecule has 1 aliphatic rings. The van der Waals surface area contributed by atoms with Crippen LogP contribution in [0.3, 0.4) is 0 Å². The molecule has 2 aromatic rings. The van der Waals surface area contributed by atoms with Crippen molar-refractivity contribution in [2.75, 3.05) is 32.2 Å². The van der Waals surface area contributed by atoms with Gasteiger partial charge in [0.25, 0.3) is 11.1 Å². The number of ether oxygens (including phenoxy) is 3. The maximum atomic E-state index is 12.9. The van der Waals surface area contributed by atoms with Crippen LogP contribution >= 0.6 is 23.4 Å². The molecule has 2 aromatic carbocycles. The Kier molecular flexibility index (Phi) is 9.00. The molecule has 1 aliphatic heterocycles. The van der Waals surface area contributed by atoms with E-state index in [1.54, 1.807) is 13.0 Å². The monoisotopic (exact) mass is 532 g/mol. The number of methoxy groups -OCH3 is 1. The first-order valence-electron chi connectivity index (χ1n) is 10.9. The molecule has 0 unspecified atom stereocenters. The third kappa shape index (κ3) is 6.38. The van der Waals surface area contributed by atoms with Crippen LogP contribution in [0.1, 0.15) is 23.6 Å². The molecule has 0 saturated carbocycles. The Hall–Kier alpha value is -3.50. The zero-order chi connectivity index (χ0) is 26.4. The SMILES string of the molecule is CCOC(=O)COc1c(Cl)cc(/C=C2\SC(=O)N(CC(=O)Nc3c(C)cccc3C)C2=O)cc1OC. The van der Waals surface area contributed by atoms with Gasteiger partial charge in [0.15, 0.2) is 18.1 Å². The summed E-state index contributed by atoms with van der Waals surface area (Å²) in [5, 5.41) is 2.35. The number of rotatable bonds is 9. The van der Waals surface area contributed by atoms with Gasteiger partial charge in [0.2, 0.25) is 5.91 Å². The van der Waals surface area contributed by atoms with Crippen molar-refractivity contribution >= 4 is 58.1 Å². The molecule has 0 aromatic heterocycles. The number of hydrogen-bond acceptors (Lipinski definition) is 8. The Bertz CT molecular complexity index is 1220. The fraction of sp³-hybridized carbons (Fsp3) is 0.280. The minimum absolute atomic E-state index is 0.123. The van der Waals surface area contributed by atoms with Crippen molar-refractivity contribution in [3.63, 3.8) is 0 Å². The first-order chi connectivity index (χ1) is 17.1. The maximum Gasteiger partial charge on any atom is 0.344 e. The summed E-state index contributed by atoms with van der Waals surface area (Å²) in [6, 6.07) is 8.65. The number of halogens is 1. The summed E-state index contributed by atoms with van der Waals surface area (Å²) in [7, 11) is 1.40. The van der Waals surface area contributed by atoms with E-state index < -0.39 is 29.6 Å². The molecule has 1 heterocycles. The van der Waals surface area contributed by atoms with Crippen LogP contribution in [0.25, 0.3) is 6.08 Å². The first kappa shape index (κ1) is 27.1. The van der Waals surface area contributed by atoms with E-state index in [1.165, 1.54) is 19.3 Å². The second-order valence-corrected chi connectivity index (χ2v) is 9.11. The molecule has 3 rings (SSSR count). The first-order valence-corrected chi connectivity index (χ1v) is 12.1. The van der Waals surface area contributed by atoms with Gasteiger partial charge in [0, 0.05) is 5.69 Å². The van der Waals surface area contributed by atoms with Gasteiger partial charge in [-0.05, 0) is 67.4 Å². The van der Waals surface area contributed by atoms with Gasteiger partial charge >= 0.3 is 5.97 Å². The van der Waals surface area contributed by atoms with E-state index in [1.807, 2.05) is 32.0 Å². The Morgan fingerprint density at radius 1 is 1.17 bits per heavy atom. The number of imide groups is 1. The fourth-order valence-corrected chi connectivity index (χ4v) is 4.53. The molecule has 1 N–H and O–H groups in total. The Morgan fingerprint density at radius 2 is 1.86 bits per heavy atom. The summed E-state index contributed by atoms with van der Waals surface area (Å²) in [6.07, 6.45) is 1.47. The van der Waals surface area contributed by atoms with Crippen molar-refractivity contribution in [1.29, 1.82) is 0 Å². The number of carbonyl (C=O) groups excluding carboxylic acids is 4. The average Bonchev–Trinajstić information content (AvgIpc) is 3.08. The van der Waals surface area contributed by atoms with Gasteiger partial charge in [0.05, 0.1) is 23.6 Å². The molecule has 0 radical (unpaired) electrons. The predicted octanol–water partition coefficient (Wildman–Crippen LogP) is 4.58. The van der Waals surface area contributed by atoms with Gasteiger partial charge in [-0.1, -0.05) is 29.8 Å². The number of amides is 3. The van der Waals surface area contributed by atoms with Crippen LogP contribution in [-0.2, 0) is 19.1 Å². The zero-order valence-corrected chi connectivity index (χ0v) is 21.7. The lowest BCUT2D eigenvalue weighted by Crippen LogP contribution is -2.36. The minimum atomic E-state index is -0.598. The van der Waals surface area contributed by atoms with Crippen molar-refractivity contribution in [2.45, 2.75) is 20.8 Å². The number of para-hydroxylation sites is 1. The number of esters is 1. The highest BCUT2D eigenvalue weighted by Gasteiger charge is 2.36. The van der Waals surface area contributed by atoms with Gasteiger partial charge in [-0.3, -0.25) is 19.3 Å². The molecular weight excluding hydrogens is 508 g/mol. The molecule has 36 heavy (non-hydrogen) atoms. The number of benzene rings is 2. The molecule has 0 bridgehead atoms. The summed E-state index contributed by atoms with van der Waals surface area (Å²) in [4.78, 5) is 50.5. The third-order valence-electron chi connectivity index (χ3n) is 5.11. The molecule has 190 valence electrons. The molecule has 1 fully saturated rings. The van der Waals surface area contributed by atoms with E-state index >= 15 is 0 Å². The average molecular weight is 533 g/mol. The molecule has 0 aliphatic carbocycles. The molecular formula is C25H25ClN2O7S. The van der Waals surface area contributed by atoms with Gasteiger partial charge in [-0.15, -0.1) is 0 Å². The number of thioether (sulfide) groups is 1. The topological polar surface area (TPSA) is 111 Å². The molecule has 3 amide bonds. The zero-order valence-electron chi connectivity index (χ0n) is 20.2. The fourth-order valence-electron chi connectivity index (χ4n) is 3.42. The van der Waals surface area contributed by atoms with Gasteiger partial charge < -0.3 is 19.5 Å². The van der Waals surface area contributed by atoms with E-state index in [2.05, 4.69) is 5.32 Å². The Morgan fingerprint density at radius 3 is 2.50 bits per heavy atom. The van der Waals surface area contributed by atoms with Crippen molar-refractivity contribution in [2.24, 2.45) is 0 Å². The second-order valence-electron chi connectivity index (χ2n) is 7.71. The number of nitrogens with zero attached hydrogens (tertiary/aromatic N) is 1. The van der Waals surface area contributed by atoms with Crippen molar-refractivity contribution in [1.82, 2.24) is 4.90 Å². The highest BCUT2D eigenvalue weighted by atomic mass is 35.5. The normalized spacial score (nSPS) is 14.2. The van der Waals surface area contributed by atoms with E-state index in [9.17, 15) is 19.2 Å². The lowest BCUT2D eigenvalue weighted by molar-refractivity contribution is -0.145. The highest BCUT2D eigenvalue weighted by Crippen LogP contribution is 2.39. The summed E-state index contributed by atoms with van der Waals surface area (Å²) in [5.74, 6) is -1.27. The largest absolute Gasteiger partial charge is 0.493 e. The molecule has 0 spiro atoms. The summed E-state index contributed by atoms with van der Waals surface area (Å²) < 4.78 is 15.6. The van der Waals surface area contributed by atoms with Crippen molar-refractivity contribution in [3.05, 3.63) is 56.9 Å². The lowest BCUT2D eigenvalue weighted by Gasteiger charge is -2.15. The van der Waals surface area contributed by atoms with E-state index in [-0.39, 0.29) is 34.6 Å². The molecule has 11 heteroatoms. The highest BCUT2D eigenvalue weighted by molar-refractivity contribution is 8.18. The quantitative estimate of drug-likeness (QED) is 0.369. The van der Waals surface area contributed by atoms with Crippen molar-refractivity contribution < 1.29 is 33.4 Å². The number of nitrogens with one attached hydrogen (secondary N) is 1. The number of carbonyl (C=O) groups is 4. The third-order valence-corrected chi connectivity index (χ3v) is 6.30. The Labute approximate surface area is 217 Å². The molecule has 9 nitrogen and oxygen atoms in total. The Balaban J connectivity index is 1.74. The summed E-state index contributed by atoms with van der Waals surface area (Å²) in [5.41, 5.74) is 2.86. The smallest absolute Gasteiger partial charge is 0.344 e. The van der Waals surface area contributed by atoms with Crippen LogP contribution in [0.2, 0.25) is 5.02 Å². The molecule has 1 saturated heterocycles. The van der Waals surface area contributed by atoms with Gasteiger partial charge in [-0.25, -0.2) is 4.79 Å². The van der Waals surface area contributed by atoms with Crippen molar-refractivity contribution in [3.8, 4) is 11.5 Å². The second kappa shape index (κ2) is 12.0. The maximum absolute atomic E-state index is 12.9. The predicted molar refractivity (Wildman–Crippen MR) is 137 cm³/mol. The van der Waals surface area contributed by atoms with Crippen LogP contribution in [0.4, 0.5) is 10.5 Å². The number of hydrogen-bond donors (Lipinski definition) is 1. The minimum Gasteiger partial charge on any atom is -0.493 e. The van der Waals surface area contributed by atoms with Crippen LogP contribution in [0.15, 0.2) is 35.2 Å². The summed E-state index contributed by atoms with van der Waals surface area (Å²) in [6.45, 7) is 4.84. The summed E-state index contributed by atoms with van der Waals surface area (Å²) >= 11 is 7.03. The van der Waals surface area contributed by atoms with Gasteiger partial charge in [0.1, 0.15) is 6.54 Å².